The number of hydrogen-bond donors (Lipinski definition) is 1. The minimum atomic E-state index is -0.992. The van der Waals surface area contributed by atoms with Crippen LogP contribution in [0.15, 0.2) is 54.7 Å². The summed E-state index contributed by atoms with van der Waals surface area (Å²) in [5.41, 5.74) is 2.07. The number of nitrogens with zero attached hydrogens (tertiary/aromatic N) is 1. The molecule has 0 unspecified atom stereocenters. The van der Waals surface area contributed by atoms with E-state index in [4.69, 9.17) is 33.0 Å². The van der Waals surface area contributed by atoms with Crippen LogP contribution in [0.3, 0.4) is 0 Å². The van der Waals surface area contributed by atoms with Crippen molar-refractivity contribution in [1.29, 1.82) is 0 Å². The van der Waals surface area contributed by atoms with Crippen LogP contribution >= 0.6 is 23.2 Å². The molecule has 3 rings (SSSR count). The number of rotatable bonds is 7. The lowest BCUT2D eigenvalue weighted by Crippen LogP contribution is -2.08. The first kappa shape index (κ1) is 21.8. The molecular formula is C23H19Cl2NO4. The average Bonchev–Trinajstić information content (AvgIpc) is 2.72. The number of ketones is 1. The number of ether oxygens (including phenoxy) is 1. The van der Waals surface area contributed by atoms with Gasteiger partial charge in [-0.2, -0.15) is 0 Å². The summed E-state index contributed by atoms with van der Waals surface area (Å²) in [6.07, 6.45) is 1.60. The van der Waals surface area contributed by atoms with E-state index in [9.17, 15) is 9.59 Å². The van der Waals surface area contributed by atoms with Gasteiger partial charge >= 0.3 is 5.97 Å². The molecule has 0 aliphatic rings. The topological polar surface area (TPSA) is 76.5 Å². The maximum atomic E-state index is 13.0. The number of carboxylic acids is 1. The van der Waals surface area contributed by atoms with Gasteiger partial charge in [-0.05, 0) is 48.7 Å². The number of halogens is 2. The Morgan fingerprint density at radius 3 is 2.50 bits per heavy atom. The summed E-state index contributed by atoms with van der Waals surface area (Å²) in [4.78, 5) is 28.2. The summed E-state index contributed by atoms with van der Waals surface area (Å²) in [6.45, 7) is 3.71. The Hall–Kier alpha value is -2.89. The summed E-state index contributed by atoms with van der Waals surface area (Å²) in [5.74, 6) is -0.658. The van der Waals surface area contributed by atoms with Gasteiger partial charge in [-0.3, -0.25) is 4.79 Å². The Morgan fingerprint density at radius 2 is 1.83 bits per heavy atom. The van der Waals surface area contributed by atoms with E-state index in [2.05, 4.69) is 4.98 Å². The molecular weight excluding hydrogens is 425 g/mol. The predicted molar refractivity (Wildman–Crippen MR) is 116 cm³/mol. The van der Waals surface area contributed by atoms with E-state index in [0.29, 0.717) is 15.8 Å². The molecule has 1 N–H and O–H groups in total. The first-order valence-corrected chi connectivity index (χ1v) is 9.97. The van der Waals surface area contributed by atoms with E-state index in [1.165, 1.54) is 24.4 Å². The van der Waals surface area contributed by atoms with Crippen molar-refractivity contribution < 1.29 is 19.4 Å². The molecule has 0 radical (unpaired) electrons. The van der Waals surface area contributed by atoms with Gasteiger partial charge in [-0.25, -0.2) is 9.78 Å². The van der Waals surface area contributed by atoms with Crippen LogP contribution in [0.5, 0.6) is 11.6 Å². The van der Waals surface area contributed by atoms with Crippen molar-refractivity contribution in [2.24, 2.45) is 0 Å². The van der Waals surface area contributed by atoms with Crippen LogP contribution in [-0.2, 0) is 0 Å². The molecule has 3 aromatic rings. The fraction of sp³-hybridized carbons (Fsp3) is 0.174. The SMILES string of the molecule is Cc1c(Cl)cccc1Oc1ncc(Cl)cc1C(=O)C[C@@H](C)c1ccc(C(=O)O)cc1. The fourth-order valence-electron chi connectivity index (χ4n) is 2.97. The number of benzene rings is 2. The minimum absolute atomic E-state index is 0.139. The highest BCUT2D eigenvalue weighted by atomic mass is 35.5. The number of aromatic nitrogens is 1. The van der Waals surface area contributed by atoms with Crippen molar-refractivity contribution in [2.75, 3.05) is 0 Å². The number of aromatic carboxylic acids is 1. The van der Waals surface area contributed by atoms with E-state index in [0.717, 1.165) is 11.1 Å². The smallest absolute Gasteiger partial charge is 0.335 e. The average molecular weight is 444 g/mol. The Balaban J connectivity index is 1.83. The maximum Gasteiger partial charge on any atom is 0.335 e. The van der Waals surface area contributed by atoms with Gasteiger partial charge in [-0.15, -0.1) is 0 Å². The third kappa shape index (κ3) is 4.99. The highest BCUT2D eigenvalue weighted by Gasteiger charge is 2.20. The molecule has 2 aromatic carbocycles. The van der Waals surface area contributed by atoms with Crippen LogP contribution in [0, 0.1) is 6.92 Å². The third-order valence-electron chi connectivity index (χ3n) is 4.76. The van der Waals surface area contributed by atoms with Crippen LogP contribution in [0.4, 0.5) is 0 Å². The zero-order valence-corrected chi connectivity index (χ0v) is 17.9. The zero-order valence-electron chi connectivity index (χ0n) is 16.4. The van der Waals surface area contributed by atoms with Crippen LogP contribution in [0.25, 0.3) is 0 Å². The van der Waals surface area contributed by atoms with Gasteiger partial charge in [0, 0.05) is 23.2 Å². The quantitative estimate of drug-likeness (QED) is 0.418. The Kier molecular flexibility index (Phi) is 6.75. The molecule has 0 saturated carbocycles. The van der Waals surface area contributed by atoms with Crippen molar-refractivity contribution in [1.82, 2.24) is 4.98 Å². The van der Waals surface area contributed by atoms with Gasteiger partial charge in [0.2, 0.25) is 5.88 Å². The summed E-state index contributed by atoms with van der Waals surface area (Å²) in [6, 6.07) is 13.3. The molecule has 1 heterocycles. The zero-order chi connectivity index (χ0) is 21.8. The van der Waals surface area contributed by atoms with Gasteiger partial charge < -0.3 is 9.84 Å². The molecule has 0 spiro atoms. The second-order valence-corrected chi connectivity index (χ2v) is 7.77. The van der Waals surface area contributed by atoms with Gasteiger partial charge in [0.1, 0.15) is 5.75 Å². The standard InChI is InChI=1S/C23H19Cl2NO4/c1-13(15-6-8-16(9-7-15)23(28)29)10-20(27)18-11-17(24)12-26-22(18)30-21-5-3-4-19(25)14(21)2/h3-9,11-13H,10H2,1-2H3,(H,28,29)/t13-/m1/s1. The Bertz CT molecular complexity index is 1100. The molecule has 5 nitrogen and oxygen atoms in total. The summed E-state index contributed by atoms with van der Waals surface area (Å²) < 4.78 is 5.89. The second-order valence-electron chi connectivity index (χ2n) is 6.93. The van der Waals surface area contributed by atoms with Crippen molar-refractivity contribution in [3.63, 3.8) is 0 Å². The van der Waals surface area contributed by atoms with E-state index in [-0.39, 0.29) is 35.1 Å². The van der Waals surface area contributed by atoms with Crippen molar-refractivity contribution >= 4 is 35.0 Å². The number of Topliss-reactive ketones (excluding diaryl/α,β-unsaturated/α-hetero) is 1. The van der Waals surface area contributed by atoms with Gasteiger partial charge in [0.05, 0.1) is 16.1 Å². The summed E-state index contributed by atoms with van der Waals surface area (Å²) >= 11 is 12.2. The fourth-order valence-corrected chi connectivity index (χ4v) is 3.29. The van der Waals surface area contributed by atoms with Crippen molar-refractivity contribution in [3.05, 3.63) is 87.0 Å². The molecule has 30 heavy (non-hydrogen) atoms. The molecule has 0 amide bonds. The highest BCUT2D eigenvalue weighted by molar-refractivity contribution is 6.31. The van der Waals surface area contributed by atoms with Crippen LogP contribution in [0.2, 0.25) is 10.0 Å². The molecule has 0 bridgehead atoms. The first-order chi connectivity index (χ1) is 14.3. The number of pyridine rings is 1. The second kappa shape index (κ2) is 9.28. The molecule has 0 aliphatic heterocycles. The molecule has 0 aliphatic carbocycles. The van der Waals surface area contributed by atoms with Gasteiger partial charge in [0.25, 0.3) is 0 Å². The molecule has 0 fully saturated rings. The Labute approximate surface area is 184 Å². The van der Waals surface area contributed by atoms with Gasteiger partial charge in [-0.1, -0.05) is 48.3 Å². The minimum Gasteiger partial charge on any atom is -0.478 e. The summed E-state index contributed by atoms with van der Waals surface area (Å²) in [5, 5.41) is 9.90. The molecule has 154 valence electrons. The van der Waals surface area contributed by atoms with E-state index < -0.39 is 5.97 Å². The lowest BCUT2D eigenvalue weighted by atomic mass is 9.93. The van der Waals surface area contributed by atoms with Gasteiger partial charge in [0.15, 0.2) is 5.78 Å². The van der Waals surface area contributed by atoms with E-state index in [1.807, 2.05) is 13.8 Å². The van der Waals surface area contributed by atoms with E-state index >= 15 is 0 Å². The van der Waals surface area contributed by atoms with Crippen LogP contribution in [-0.4, -0.2) is 21.8 Å². The largest absolute Gasteiger partial charge is 0.478 e. The molecule has 1 atom stereocenters. The van der Waals surface area contributed by atoms with E-state index in [1.54, 1.807) is 30.3 Å². The molecule has 1 aromatic heterocycles. The molecule has 0 saturated heterocycles. The molecule has 7 heteroatoms. The normalized spacial score (nSPS) is 11.7. The number of carboxylic acid groups (broad SMARTS) is 1. The van der Waals surface area contributed by atoms with Crippen LogP contribution < -0.4 is 4.74 Å². The lowest BCUT2D eigenvalue weighted by Gasteiger charge is -2.15. The first-order valence-electron chi connectivity index (χ1n) is 9.21. The number of hydrogen-bond acceptors (Lipinski definition) is 4. The highest BCUT2D eigenvalue weighted by Crippen LogP contribution is 2.32. The maximum absolute atomic E-state index is 13.0. The third-order valence-corrected chi connectivity index (χ3v) is 5.38. The Morgan fingerprint density at radius 1 is 1.13 bits per heavy atom. The predicted octanol–water partition coefficient (Wildman–Crippen LogP) is 6.56. The van der Waals surface area contributed by atoms with Crippen LogP contribution in [0.1, 0.15) is 51.1 Å². The monoisotopic (exact) mass is 443 g/mol. The van der Waals surface area contributed by atoms with Crippen molar-refractivity contribution in [2.45, 2.75) is 26.2 Å². The number of carbonyl (C=O) groups excluding carboxylic acids is 1. The summed E-state index contributed by atoms with van der Waals surface area (Å²) in [7, 11) is 0. The lowest BCUT2D eigenvalue weighted by molar-refractivity contribution is 0.0696. The number of carbonyl (C=O) groups is 2. The van der Waals surface area contributed by atoms with Crippen molar-refractivity contribution in [3.8, 4) is 11.6 Å².